The fourth-order valence-electron chi connectivity index (χ4n) is 2.70. The average molecular weight is 319 g/mol. The minimum Gasteiger partial charge on any atom is -0.496 e. The van der Waals surface area contributed by atoms with Crippen LogP contribution in [0.25, 0.3) is 27.4 Å². The Morgan fingerprint density at radius 2 is 2.12 bits per heavy atom. The number of hydrogen-bond acceptors (Lipinski definition) is 3. The molecule has 0 unspecified atom stereocenters. The SMILES string of the molecule is COc1cc2c(C=CCc3ccncc3)c(C)[nH]c2cc1N=[N+]=[N-]. The lowest BCUT2D eigenvalue weighted by molar-refractivity contribution is 0.416. The molecule has 3 rings (SSSR count). The number of nitrogens with zero attached hydrogens (tertiary/aromatic N) is 4. The molecule has 0 aliphatic rings. The predicted octanol–water partition coefficient (Wildman–Crippen LogP) is 5.08. The number of aryl methyl sites for hydroxylation is 1. The van der Waals surface area contributed by atoms with Gasteiger partial charge in [-0.1, -0.05) is 17.3 Å². The van der Waals surface area contributed by atoms with Crippen molar-refractivity contribution in [2.24, 2.45) is 5.11 Å². The number of benzene rings is 1. The van der Waals surface area contributed by atoms with Crippen molar-refractivity contribution in [1.82, 2.24) is 9.97 Å². The summed E-state index contributed by atoms with van der Waals surface area (Å²) in [7, 11) is 1.57. The summed E-state index contributed by atoms with van der Waals surface area (Å²) in [5.74, 6) is 0.558. The summed E-state index contributed by atoms with van der Waals surface area (Å²) in [6.45, 7) is 2.02. The molecule has 1 N–H and O–H groups in total. The first-order valence-electron chi connectivity index (χ1n) is 7.53. The highest BCUT2D eigenvalue weighted by atomic mass is 16.5. The molecule has 120 valence electrons. The fourth-order valence-corrected chi connectivity index (χ4v) is 2.70. The van der Waals surface area contributed by atoms with Crippen LogP contribution in [0, 0.1) is 6.92 Å². The number of fused-ring (bicyclic) bond motifs is 1. The Bertz CT molecular complexity index is 937. The number of nitrogens with one attached hydrogen (secondary N) is 1. The Morgan fingerprint density at radius 1 is 1.33 bits per heavy atom. The summed E-state index contributed by atoms with van der Waals surface area (Å²) < 4.78 is 5.33. The van der Waals surface area contributed by atoms with E-state index in [0.717, 1.165) is 28.6 Å². The minimum atomic E-state index is 0.473. The van der Waals surface area contributed by atoms with E-state index in [0.29, 0.717) is 11.4 Å². The van der Waals surface area contributed by atoms with Crippen LogP contribution in [0.15, 0.2) is 47.8 Å². The standard InChI is InChI=1S/C18H17N5O/c1-12-14(5-3-4-13-6-8-20-9-7-13)15-10-18(24-2)17(22-23-19)11-16(15)21-12/h3,5-11,21H,4H2,1-2H3. The van der Waals surface area contributed by atoms with Crippen LogP contribution in [0.1, 0.15) is 16.8 Å². The molecule has 0 fully saturated rings. The van der Waals surface area contributed by atoms with E-state index in [4.69, 9.17) is 10.3 Å². The summed E-state index contributed by atoms with van der Waals surface area (Å²) in [4.78, 5) is 10.2. The molecule has 0 atom stereocenters. The molecular formula is C18H17N5O. The lowest BCUT2D eigenvalue weighted by Crippen LogP contribution is -1.84. The van der Waals surface area contributed by atoms with Crippen LogP contribution >= 0.6 is 0 Å². The quantitative estimate of drug-likeness (QED) is 0.404. The number of hydrogen-bond donors (Lipinski definition) is 1. The van der Waals surface area contributed by atoms with Crippen molar-refractivity contribution in [3.8, 4) is 5.75 Å². The maximum atomic E-state index is 8.67. The lowest BCUT2D eigenvalue weighted by Gasteiger charge is -2.04. The van der Waals surface area contributed by atoms with Crippen molar-refractivity contribution in [1.29, 1.82) is 0 Å². The van der Waals surface area contributed by atoms with Gasteiger partial charge in [-0.3, -0.25) is 4.98 Å². The number of H-pyrrole nitrogens is 1. The zero-order chi connectivity index (χ0) is 16.9. The van der Waals surface area contributed by atoms with Crippen molar-refractivity contribution < 1.29 is 4.74 Å². The second-order valence-electron chi connectivity index (χ2n) is 5.38. The molecule has 2 heterocycles. The molecule has 24 heavy (non-hydrogen) atoms. The molecule has 0 bridgehead atoms. The van der Waals surface area contributed by atoms with Gasteiger partial charge < -0.3 is 9.72 Å². The number of methoxy groups -OCH3 is 1. The van der Waals surface area contributed by atoms with E-state index in [1.807, 2.05) is 25.1 Å². The summed E-state index contributed by atoms with van der Waals surface area (Å²) in [5.41, 5.74) is 13.4. The largest absolute Gasteiger partial charge is 0.496 e. The van der Waals surface area contributed by atoms with Crippen LogP contribution in [0.4, 0.5) is 5.69 Å². The van der Waals surface area contributed by atoms with Crippen molar-refractivity contribution in [3.05, 3.63) is 70.0 Å². The van der Waals surface area contributed by atoms with Gasteiger partial charge in [0.05, 0.1) is 12.8 Å². The predicted molar refractivity (Wildman–Crippen MR) is 95.4 cm³/mol. The molecule has 3 aromatic rings. The number of rotatable bonds is 5. The molecule has 6 nitrogen and oxygen atoms in total. The van der Waals surface area contributed by atoms with Gasteiger partial charge in [-0.2, -0.15) is 0 Å². The Labute approximate surface area is 139 Å². The number of ether oxygens (including phenoxy) is 1. The van der Waals surface area contributed by atoms with Gasteiger partial charge in [-0.15, -0.1) is 0 Å². The monoisotopic (exact) mass is 319 g/mol. The zero-order valence-electron chi connectivity index (χ0n) is 13.5. The van der Waals surface area contributed by atoms with E-state index >= 15 is 0 Å². The normalized spacial score (nSPS) is 10.9. The molecule has 0 spiro atoms. The van der Waals surface area contributed by atoms with Gasteiger partial charge in [-0.25, -0.2) is 0 Å². The first-order valence-corrected chi connectivity index (χ1v) is 7.53. The van der Waals surface area contributed by atoms with Crippen molar-refractivity contribution in [3.63, 3.8) is 0 Å². The van der Waals surface area contributed by atoms with Crippen LogP contribution in [-0.4, -0.2) is 17.1 Å². The highest BCUT2D eigenvalue weighted by molar-refractivity contribution is 5.94. The van der Waals surface area contributed by atoms with Gasteiger partial charge in [-0.05, 0) is 48.7 Å². The maximum absolute atomic E-state index is 8.67. The highest BCUT2D eigenvalue weighted by Crippen LogP contribution is 2.35. The molecule has 0 radical (unpaired) electrons. The zero-order valence-corrected chi connectivity index (χ0v) is 13.5. The van der Waals surface area contributed by atoms with E-state index < -0.39 is 0 Å². The molecule has 1 aromatic carbocycles. The Hall–Kier alpha value is -3.24. The number of aromatic amines is 1. The molecule has 0 amide bonds. The van der Waals surface area contributed by atoms with Gasteiger partial charge in [0.1, 0.15) is 5.75 Å². The van der Waals surface area contributed by atoms with Crippen LogP contribution < -0.4 is 4.74 Å². The second kappa shape index (κ2) is 6.89. The van der Waals surface area contributed by atoms with Gasteiger partial charge in [0.15, 0.2) is 0 Å². The molecule has 0 aliphatic carbocycles. The third kappa shape index (κ3) is 3.09. The lowest BCUT2D eigenvalue weighted by atomic mass is 10.1. The molecule has 2 aromatic heterocycles. The van der Waals surface area contributed by atoms with Gasteiger partial charge in [0.25, 0.3) is 0 Å². The van der Waals surface area contributed by atoms with E-state index in [9.17, 15) is 0 Å². The topological polar surface area (TPSA) is 86.7 Å². The van der Waals surface area contributed by atoms with Gasteiger partial charge in [0, 0.05) is 39.5 Å². The van der Waals surface area contributed by atoms with Crippen LogP contribution in [-0.2, 0) is 6.42 Å². The molecular weight excluding hydrogens is 302 g/mol. The second-order valence-corrected chi connectivity index (χ2v) is 5.38. The highest BCUT2D eigenvalue weighted by Gasteiger charge is 2.10. The summed E-state index contributed by atoms with van der Waals surface area (Å²) in [5, 5.41) is 4.71. The smallest absolute Gasteiger partial charge is 0.129 e. The molecule has 0 saturated carbocycles. The number of azide groups is 1. The van der Waals surface area contributed by atoms with E-state index in [2.05, 4.69) is 32.1 Å². The number of allylic oxidation sites excluding steroid dienone is 1. The fraction of sp³-hybridized carbons (Fsp3) is 0.167. The molecule has 0 saturated heterocycles. The average Bonchev–Trinajstić information content (AvgIpc) is 2.90. The van der Waals surface area contributed by atoms with Crippen molar-refractivity contribution in [2.75, 3.05) is 7.11 Å². The van der Waals surface area contributed by atoms with E-state index in [1.54, 1.807) is 25.6 Å². The minimum absolute atomic E-state index is 0.473. The maximum Gasteiger partial charge on any atom is 0.129 e. The van der Waals surface area contributed by atoms with Crippen LogP contribution in [0.3, 0.4) is 0 Å². The van der Waals surface area contributed by atoms with Gasteiger partial charge >= 0.3 is 0 Å². The molecule has 6 heteroatoms. The summed E-state index contributed by atoms with van der Waals surface area (Å²) >= 11 is 0. The van der Waals surface area contributed by atoms with E-state index in [1.165, 1.54) is 5.56 Å². The first-order chi connectivity index (χ1) is 11.7. The van der Waals surface area contributed by atoms with Crippen LogP contribution in [0.5, 0.6) is 5.75 Å². The van der Waals surface area contributed by atoms with Gasteiger partial charge in [0.2, 0.25) is 0 Å². The third-order valence-corrected chi connectivity index (χ3v) is 3.88. The third-order valence-electron chi connectivity index (χ3n) is 3.88. The van der Waals surface area contributed by atoms with E-state index in [-0.39, 0.29) is 0 Å². The summed E-state index contributed by atoms with van der Waals surface area (Å²) in [6, 6.07) is 7.71. The van der Waals surface area contributed by atoms with Crippen molar-refractivity contribution >= 4 is 22.7 Å². The van der Waals surface area contributed by atoms with Crippen LogP contribution in [0.2, 0.25) is 0 Å². The first kappa shape index (κ1) is 15.6. The van der Waals surface area contributed by atoms with Crippen molar-refractivity contribution in [2.45, 2.75) is 13.3 Å². The number of aromatic nitrogens is 2. The Kier molecular flexibility index (Phi) is 4.50. The summed E-state index contributed by atoms with van der Waals surface area (Å²) in [6.07, 6.45) is 8.65. The Morgan fingerprint density at radius 3 is 2.83 bits per heavy atom. The number of pyridine rings is 1. The molecule has 0 aliphatic heterocycles. The Balaban J connectivity index is 1.98.